The minimum Gasteiger partial charge on any atom is -0.481 e. The summed E-state index contributed by atoms with van der Waals surface area (Å²) in [6.07, 6.45) is 0.514. The minimum atomic E-state index is -0.897. The Bertz CT molecular complexity index is 318. The molecule has 16 heavy (non-hydrogen) atoms. The number of carboxylic acid groups (broad SMARTS) is 1. The van der Waals surface area contributed by atoms with Gasteiger partial charge in [-0.25, -0.2) is 4.79 Å². The molecule has 1 aliphatic heterocycles. The average Bonchev–Trinajstić information content (AvgIpc) is 2.46. The van der Waals surface area contributed by atoms with Crippen LogP contribution in [-0.4, -0.2) is 47.0 Å². The number of carboxylic acids is 1. The second kappa shape index (κ2) is 4.93. The van der Waals surface area contributed by atoms with Crippen LogP contribution in [0.25, 0.3) is 0 Å². The first-order valence-corrected chi connectivity index (χ1v) is 4.98. The Labute approximate surface area is 92.6 Å². The van der Waals surface area contributed by atoms with Crippen molar-refractivity contribution >= 4 is 17.9 Å². The molecule has 90 valence electrons. The Morgan fingerprint density at radius 3 is 2.56 bits per heavy atom. The van der Waals surface area contributed by atoms with Crippen LogP contribution in [0.1, 0.15) is 13.3 Å². The molecular formula is C9H15N3O4. The molecule has 7 nitrogen and oxygen atoms in total. The van der Waals surface area contributed by atoms with Gasteiger partial charge in [-0.3, -0.25) is 19.8 Å². The number of hydrogen-bond acceptors (Lipinski definition) is 4. The van der Waals surface area contributed by atoms with Crippen molar-refractivity contribution in [3.63, 3.8) is 0 Å². The van der Waals surface area contributed by atoms with Gasteiger partial charge in [0.2, 0.25) is 5.91 Å². The topological polar surface area (TPSA) is 113 Å². The summed E-state index contributed by atoms with van der Waals surface area (Å²) in [6.45, 7) is 2.28. The van der Waals surface area contributed by atoms with E-state index in [-0.39, 0.29) is 12.6 Å². The SMILES string of the molecule is CC1C(C(=O)O)CCN1CC(=O)NC(N)=O. The van der Waals surface area contributed by atoms with Crippen LogP contribution in [0.3, 0.4) is 0 Å². The first-order valence-electron chi connectivity index (χ1n) is 4.98. The maximum atomic E-state index is 11.2. The zero-order chi connectivity index (χ0) is 12.3. The molecule has 4 N–H and O–H groups in total. The summed E-state index contributed by atoms with van der Waals surface area (Å²) >= 11 is 0. The van der Waals surface area contributed by atoms with Crippen LogP contribution in [0.2, 0.25) is 0 Å². The number of hydrogen-bond donors (Lipinski definition) is 3. The number of primary amides is 1. The molecule has 0 bridgehead atoms. The van der Waals surface area contributed by atoms with Crippen LogP contribution in [-0.2, 0) is 9.59 Å². The van der Waals surface area contributed by atoms with Gasteiger partial charge < -0.3 is 10.8 Å². The molecule has 1 rings (SSSR count). The Kier molecular flexibility index (Phi) is 3.83. The fourth-order valence-electron chi connectivity index (χ4n) is 1.92. The third-order valence-electron chi connectivity index (χ3n) is 2.81. The monoisotopic (exact) mass is 229 g/mol. The molecular weight excluding hydrogens is 214 g/mol. The zero-order valence-corrected chi connectivity index (χ0v) is 8.97. The highest BCUT2D eigenvalue weighted by molar-refractivity contribution is 5.94. The van der Waals surface area contributed by atoms with Crippen molar-refractivity contribution in [2.45, 2.75) is 19.4 Å². The summed E-state index contributed by atoms with van der Waals surface area (Å²) in [5.74, 6) is -1.82. The Balaban J connectivity index is 2.48. The maximum Gasteiger partial charge on any atom is 0.318 e. The summed E-state index contributed by atoms with van der Waals surface area (Å²) in [4.78, 5) is 34.2. The van der Waals surface area contributed by atoms with Gasteiger partial charge in [-0.2, -0.15) is 0 Å². The average molecular weight is 229 g/mol. The van der Waals surface area contributed by atoms with E-state index in [1.807, 2.05) is 5.32 Å². The van der Waals surface area contributed by atoms with Gasteiger partial charge in [0.05, 0.1) is 12.5 Å². The van der Waals surface area contributed by atoms with Crippen molar-refractivity contribution in [1.29, 1.82) is 0 Å². The normalized spacial score (nSPS) is 25.3. The van der Waals surface area contributed by atoms with E-state index in [4.69, 9.17) is 10.8 Å². The number of nitrogens with zero attached hydrogens (tertiary/aromatic N) is 1. The fraction of sp³-hybridized carbons (Fsp3) is 0.667. The van der Waals surface area contributed by atoms with Crippen LogP contribution in [0.15, 0.2) is 0 Å². The van der Waals surface area contributed by atoms with E-state index in [1.165, 1.54) is 0 Å². The molecule has 0 saturated carbocycles. The van der Waals surface area contributed by atoms with Crippen LogP contribution in [0, 0.1) is 5.92 Å². The van der Waals surface area contributed by atoms with E-state index in [0.29, 0.717) is 13.0 Å². The van der Waals surface area contributed by atoms with Crippen LogP contribution < -0.4 is 11.1 Å². The summed E-state index contributed by atoms with van der Waals surface area (Å²) in [5.41, 5.74) is 4.79. The Morgan fingerprint density at radius 2 is 2.12 bits per heavy atom. The highest BCUT2D eigenvalue weighted by Crippen LogP contribution is 2.23. The number of urea groups is 1. The number of aliphatic carboxylic acids is 1. The van der Waals surface area contributed by atoms with E-state index < -0.39 is 23.8 Å². The van der Waals surface area contributed by atoms with Gasteiger partial charge in [0.25, 0.3) is 0 Å². The maximum absolute atomic E-state index is 11.2. The first kappa shape index (κ1) is 12.4. The van der Waals surface area contributed by atoms with E-state index >= 15 is 0 Å². The number of amides is 3. The van der Waals surface area contributed by atoms with Crippen molar-refractivity contribution in [1.82, 2.24) is 10.2 Å². The number of nitrogens with one attached hydrogen (secondary N) is 1. The predicted octanol–water partition coefficient (Wildman–Crippen LogP) is -1.02. The van der Waals surface area contributed by atoms with Crippen LogP contribution in [0.5, 0.6) is 0 Å². The minimum absolute atomic E-state index is 0.00606. The lowest BCUT2D eigenvalue weighted by molar-refractivity contribution is -0.142. The van der Waals surface area contributed by atoms with Crippen molar-refractivity contribution in [3.8, 4) is 0 Å². The largest absolute Gasteiger partial charge is 0.481 e. The second-order valence-electron chi connectivity index (χ2n) is 3.86. The molecule has 0 radical (unpaired) electrons. The summed E-state index contributed by atoms with van der Waals surface area (Å²) in [7, 11) is 0. The lowest BCUT2D eigenvalue weighted by Gasteiger charge is -2.21. The lowest BCUT2D eigenvalue weighted by Crippen LogP contribution is -2.44. The number of likely N-dealkylation sites (tertiary alicyclic amines) is 1. The highest BCUT2D eigenvalue weighted by Gasteiger charge is 2.36. The molecule has 0 aromatic carbocycles. The Hall–Kier alpha value is -1.63. The van der Waals surface area contributed by atoms with Crippen molar-refractivity contribution in [2.24, 2.45) is 11.7 Å². The van der Waals surface area contributed by atoms with Gasteiger partial charge in [0.15, 0.2) is 0 Å². The highest BCUT2D eigenvalue weighted by atomic mass is 16.4. The van der Waals surface area contributed by atoms with Gasteiger partial charge >= 0.3 is 12.0 Å². The number of imide groups is 1. The van der Waals surface area contributed by atoms with E-state index in [0.717, 1.165) is 0 Å². The smallest absolute Gasteiger partial charge is 0.318 e. The zero-order valence-electron chi connectivity index (χ0n) is 8.97. The molecule has 0 aromatic rings. The number of rotatable bonds is 3. The standard InChI is InChI=1S/C9H15N3O4/c1-5-6(8(14)15)2-3-12(5)4-7(13)11-9(10)16/h5-6H,2-4H2,1H3,(H,14,15)(H3,10,11,13,16). The fourth-order valence-corrected chi connectivity index (χ4v) is 1.92. The molecule has 1 aliphatic rings. The number of nitrogens with two attached hydrogens (primary N) is 1. The van der Waals surface area contributed by atoms with Crippen LogP contribution >= 0.6 is 0 Å². The summed E-state index contributed by atoms with van der Waals surface area (Å²) in [6, 6.07) is -1.11. The quantitative estimate of drug-likeness (QED) is 0.573. The molecule has 0 spiro atoms. The molecule has 1 fully saturated rings. The molecule has 1 heterocycles. The first-order chi connectivity index (χ1) is 7.41. The molecule has 1 saturated heterocycles. The van der Waals surface area contributed by atoms with Crippen LogP contribution in [0.4, 0.5) is 4.79 Å². The molecule has 0 aromatic heterocycles. The lowest BCUT2D eigenvalue weighted by atomic mass is 10.0. The summed E-state index contributed by atoms with van der Waals surface area (Å²) in [5, 5.41) is 10.8. The van der Waals surface area contributed by atoms with Gasteiger partial charge in [0, 0.05) is 6.04 Å². The molecule has 7 heteroatoms. The van der Waals surface area contributed by atoms with E-state index in [2.05, 4.69) is 0 Å². The molecule has 0 aliphatic carbocycles. The van der Waals surface area contributed by atoms with Gasteiger partial charge in [-0.05, 0) is 19.9 Å². The third kappa shape index (κ3) is 2.93. The van der Waals surface area contributed by atoms with Crippen molar-refractivity contribution in [2.75, 3.05) is 13.1 Å². The van der Waals surface area contributed by atoms with Gasteiger partial charge in [-0.1, -0.05) is 0 Å². The predicted molar refractivity (Wildman–Crippen MR) is 54.5 cm³/mol. The van der Waals surface area contributed by atoms with E-state index in [1.54, 1.807) is 11.8 Å². The third-order valence-corrected chi connectivity index (χ3v) is 2.81. The number of carbonyl (C=O) groups is 3. The van der Waals surface area contributed by atoms with Crippen molar-refractivity contribution < 1.29 is 19.5 Å². The summed E-state index contributed by atoms with van der Waals surface area (Å²) < 4.78 is 0. The Morgan fingerprint density at radius 1 is 1.50 bits per heavy atom. The number of carbonyl (C=O) groups excluding carboxylic acids is 2. The molecule has 2 atom stereocenters. The molecule has 2 unspecified atom stereocenters. The van der Waals surface area contributed by atoms with E-state index in [9.17, 15) is 14.4 Å². The van der Waals surface area contributed by atoms with Crippen molar-refractivity contribution in [3.05, 3.63) is 0 Å². The second-order valence-corrected chi connectivity index (χ2v) is 3.86. The van der Waals surface area contributed by atoms with Gasteiger partial charge in [-0.15, -0.1) is 0 Å². The molecule has 3 amide bonds. The van der Waals surface area contributed by atoms with Gasteiger partial charge in [0.1, 0.15) is 0 Å².